The van der Waals surface area contributed by atoms with Crippen molar-refractivity contribution in [1.29, 1.82) is 0 Å². The summed E-state index contributed by atoms with van der Waals surface area (Å²) in [5.41, 5.74) is 4.14. The second kappa shape index (κ2) is 7.15. The van der Waals surface area contributed by atoms with E-state index in [1.54, 1.807) is 0 Å². The van der Waals surface area contributed by atoms with Crippen LogP contribution in [0.1, 0.15) is 37.1 Å². The summed E-state index contributed by atoms with van der Waals surface area (Å²) in [5, 5.41) is 18.1. The molecule has 0 aliphatic carbocycles. The lowest BCUT2D eigenvalue weighted by molar-refractivity contribution is 0.345. The number of nitrogens with zero attached hydrogens (tertiary/aromatic N) is 3. The van der Waals surface area contributed by atoms with Crippen LogP contribution < -0.4 is 0 Å². The van der Waals surface area contributed by atoms with Gasteiger partial charge in [-0.25, -0.2) is 0 Å². The molecule has 1 aliphatic rings. The van der Waals surface area contributed by atoms with E-state index in [1.807, 2.05) is 31.9 Å². The first-order valence-corrected chi connectivity index (χ1v) is 8.25. The highest BCUT2D eigenvalue weighted by atomic mass is 16.4. The Bertz CT molecular complexity index is 743. The van der Waals surface area contributed by atoms with Gasteiger partial charge in [0.2, 0.25) is 11.8 Å². The predicted octanol–water partition coefficient (Wildman–Crippen LogP) is 3.11. The second-order valence-electron chi connectivity index (χ2n) is 6.21. The predicted molar refractivity (Wildman–Crippen MR) is 96.1 cm³/mol. The molecule has 2 aromatic rings. The molecule has 0 spiro atoms. The summed E-state index contributed by atoms with van der Waals surface area (Å²) in [7, 11) is -0.412. The van der Waals surface area contributed by atoms with E-state index in [0.29, 0.717) is 11.8 Å². The van der Waals surface area contributed by atoms with Gasteiger partial charge >= 0.3 is 7.05 Å². The molecule has 1 aliphatic heterocycles. The molecule has 5 nitrogen and oxygen atoms in total. The minimum absolute atomic E-state index is 0.412. The third-order valence-corrected chi connectivity index (χ3v) is 4.35. The zero-order chi connectivity index (χ0) is 17.1. The maximum absolute atomic E-state index is 9.76. The first-order valence-electron chi connectivity index (χ1n) is 8.25. The highest BCUT2D eigenvalue weighted by Gasteiger charge is 2.25. The zero-order valence-corrected chi connectivity index (χ0v) is 14.2. The van der Waals surface area contributed by atoms with Crippen LogP contribution in [0.15, 0.2) is 46.9 Å². The Balaban J connectivity index is 2.00. The van der Waals surface area contributed by atoms with Gasteiger partial charge in [0, 0.05) is 11.1 Å². The lowest BCUT2D eigenvalue weighted by Gasteiger charge is -2.30. The van der Waals surface area contributed by atoms with Crippen molar-refractivity contribution in [2.45, 2.75) is 26.6 Å². The van der Waals surface area contributed by atoms with Crippen LogP contribution in [0.4, 0.5) is 0 Å². The lowest BCUT2D eigenvalue weighted by atomic mass is 9.81. The third kappa shape index (κ3) is 3.50. The van der Waals surface area contributed by atoms with Crippen molar-refractivity contribution < 1.29 is 9.44 Å². The molecule has 3 rings (SSSR count). The molecule has 0 amide bonds. The maximum Gasteiger partial charge on any atom is 0.376 e. The van der Waals surface area contributed by atoms with E-state index in [-0.39, 0.29) is 0 Å². The van der Waals surface area contributed by atoms with Crippen molar-refractivity contribution in [3.05, 3.63) is 59.8 Å². The molecule has 124 valence electrons. The van der Waals surface area contributed by atoms with Crippen LogP contribution in [0.5, 0.6) is 0 Å². The topological polar surface area (TPSA) is 62.4 Å². The zero-order valence-electron chi connectivity index (χ0n) is 14.2. The largest absolute Gasteiger partial charge is 0.437 e. The Kier molecular flexibility index (Phi) is 4.97. The minimum atomic E-state index is -0.412. The summed E-state index contributed by atoms with van der Waals surface area (Å²) in [4.78, 5) is 2.07. The standard InChI is InChI=1S/C18H22BN3O2/c1-13(2)17-20-21-18(24-17)16(14-7-5-4-6-8-14)15-9-11-22(12-10-15)19(3)23/h4-8,23H,1,9-12H2,2-3H3. The molecule has 0 radical (unpaired) electrons. The number of hydrogen-bond acceptors (Lipinski definition) is 5. The van der Waals surface area contributed by atoms with E-state index in [9.17, 15) is 5.02 Å². The van der Waals surface area contributed by atoms with Gasteiger partial charge < -0.3 is 14.3 Å². The van der Waals surface area contributed by atoms with Gasteiger partial charge in [0.1, 0.15) is 0 Å². The Labute approximate surface area is 142 Å². The van der Waals surface area contributed by atoms with Crippen molar-refractivity contribution in [2.75, 3.05) is 13.1 Å². The first-order chi connectivity index (χ1) is 11.6. The first kappa shape index (κ1) is 16.7. The lowest BCUT2D eigenvalue weighted by Crippen LogP contribution is -2.41. The molecule has 0 atom stereocenters. The van der Waals surface area contributed by atoms with Gasteiger partial charge in [0.15, 0.2) is 0 Å². The molecule has 1 saturated heterocycles. The van der Waals surface area contributed by atoms with Gasteiger partial charge in [0.05, 0.1) is 0 Å². The quantitative estimate of drug-likeness (QED) is 0.876. The molecular weight excluding hydrogens is 301 g/mol. The maximum atomic E-state index is 9.76. The van der Waals surface area contributed by atoms with Gasteiger partial charge in [-0.2, -0.15) is 0 Å². The van der Waals surface area contributed by atoms with Gasteiger partial charge in [-0.15, -0.1) is 10.2 Å². The summed E-state index contributed by atoms with van der Waals surface area (Å²) >= 11 is 0. The molecule has 1 aromatic heterocycles. The van der Waals surface area contributed by atoms with E-state index in [1.165, 1.54) is 5.57 Å². The fraction of sp³-hybridized carbons (Fsp3) is 0.333. The van der Waals surface area contributed by atoms with Crippen molar-refractivity contribution in [2.24, 2.45) is 0 Å². The van der Waals surface area contributed by atoms with Gasteiger partial charge in [0.25, 0.3) is 0 Å². The number of allylic oxidation sites excluding steroid dienone is 1. The van der Waals surface area contributed by atoms with Gasteiger partial charge in [-0.1, -0.05) is 42.5 Å². The second-order valence-corrected chi connectivity index (χ2v) is 6.21. The number of piperidine rings is 1. The Morgan fingerprint density at radius 2 is 1.79 bits per heavy atom. The van der Waals surface area contributed by atoms with Crippen LogP contribution in [0, 0.1) is 0 Å². The molecule has 0 bridgehead atoms. The molecule has 0 unspecified atom stereocenters. The van der Waals surface area contributed by atoms with Crippen molar-refractivity contribution in [3.63, 3.8) is 0 Å². The molecule has 1 N–H and O–H groups in total. The van der Waals surface area contributed by atoms with Crippen LogP contribution in [0.25, 0.3) is 11.1 Å². The van der Waals surface area contributed by atoms with Crippen LogP contribution in [0.3, 0.4) is 0 Å². The van der Waals surface area contributed by atoms with Crippen LogP contribution in [0.2, 0.25) is 6.82 Å². The molecule has 2 heterocycles. The van der Waals surface area contributed by atoms with Crippen molar-refractivity contribution in [3.8, 4) is 0 Å². The third-order valence-electron chi connectivity index (χ3n) is 4.35. The van der Waals surface area contributed by atoms with E-state index >= 15 is 0 Å². The van der Waals surface area contributed by atoms with Crippen molar-refractivity contribution >= 4 is 18.2 Å². The number of rotatable bonds is 4. The summed E-state index contributed by atoms with van der Waals surface area (Å²) in [5.74, 6) is 1.01. The van der Waals surface area contributed by atoms with Gasteiger partial charge in [-0.05, 0) is 45.2 Å². The molecule has 0 saturated carbocycles. The molecule has 24 heavy (non-hydrogen) atoms. The van der Waals surface area contributed by atoms with Crippen LogP contribution in [-0.4, -0.2) is 40.2 Å². The van der Waals surface area contributed by atoms with Crippen LogP contribution >= 0.6 is 0 Å². The molecular formula is C18H22BN3O2. The molecule has 6 heteroatoms. The molecule has 1 aromatic carbocycles. The normalized spacial score (nSPS) is 15.4. The minimum Gasteiger partial charge on any atom is -0.437 e. The average Bonchev–Trinajstić information content (AvgIpc) is 3.06. The van der Waals surface area contributed by atoms with Crippen molar-refractivity contribution in [1.82, 2.24) is 15.0 Å². The Morgan fingerprint density at radius 3 is 2.33 bits per heavy atom. The summed E-state index contributed by atoms with van der Waals surface area (Å²) in [6, 6.07) is 10.1. The average molecular weight is 323 g/mol. The Morgan fingerprint density at radius 1 is 1.17 bits per heavy atom. The van der Waals surface area contributed by atoms with E-state index in [4.69, 9.17) is 4.42 Å². The number of benzene rings is 1. The smallest absolute Gasteiger partial charge is 0.376 e. The highest BCUT2D eigenvalue weighted by molar-refractivity contribution is 6.45. The fourth-order valence-corrected chi connectivity index (χ4v) is 3.00. The van der Waals surface area contributed by atoms with Crippen LogP contribution in [-0.2, 0) is 0 Å². The van der Waals surface area contributed by atoms with E-state index in [2.05, 4.69) is 33.7 Å². The summed E-state index contributed by atoms with van der Waals surface area (Å²) in [6.45, 7) is 9.18. The number of aromatic nitrogens is 2. The van der Waals surface area contributed by atoms with Gasteiger partial charge in [-0.3, -0.25) is 0 Å². The monoisotopic (exact) mass is 323 g/mol. The Hall–Kier alpha value is -2.18. The highest BCUT2D eigenvalue weighted by Crippen LogP contribution is 2.32. The van der Waals surface area contributed by atoms with E-state index in [0.717, 1.165) is 42.6 Å². The summed E-state index contributed by atoms with van der Waals surface area (Å²) < 4.78 is 5.85. The SMILES string of the molecule is C=C(C)c1nnc(C(=C2CCN(B(C)O)CC2)c2ccccc2)o1. The van der Waals surface area contributed by atoms with E-state index < -0.39 is 7.05 Å². The fourth-order valence-electron chi connectivity index (χ4n) is 3.00. The summed E-state index contributed by atoms with van der Waals surface area (Å²) in [6.07, 6.45) is 1.75. The number of hydrogen-bond donors (Lipinski definition) is 1. The molecule has 1 fully saturated rings.